The van der Waals surface area contributed by atoms with E-state index in [0.717, 1.165) is 5.56 Å². The van der Waals surface area contributed by atoms with E-state index in [0.29, 0.717) is 5.69 Å². The molecule has 1 aromatic rings. The van der Waals surface area contributed by atoms with Gasteiger partial charge < -0.3 is 5.11 Å². The summed E-state index contributed by atoms with van der Waals surface area (Å²) in [5.74, 6) is -0.852. The van der Waals surface area contributed by atoms with E-state index in [1.54, 1.807) is 25.6 Å². The second-order valence-electron chi connectivity index (χ2n) is 3.76. The monoisotopic (exact) mass is 182 g/mol. The lowest BCUT2D eigenvalue weighted by Crippen LogP contribution is -2.29. The summed E-state index contributed by atoms with van der Waals surface area (Å²) in [5.41, 5.74) is 0.628. The van der Waals surface area contributed by atoms with E-state index in [9.17, 15) is 4.79 Å². The maximum absolute atomic E-state index is 10.9. The van der Waals surface area contributed by atoms with Crippen molar-refractivity contribution in [1.82, 2.24) is 9.78 Å². The molecule has 0 aliphatic heterocycles. The summed E-state index contributed by atoms with van der Waals surface area (Å²) < 4.78 is 1.63. The first-order chi connectivity index (χ1) is 5.85. The van der Waals surface area contributed by atoms with Crippen LogP contribution in [0.2, 0.25) is 0 Å². The van der Waals surface area contributed by atoms with Crippen LogP contribution in [0.1, 0.15) is 25.1 Å². The van der Waals surface area contributed by atoms with E-state index in [2.05, 4.69) is 5.10 Å². The fourth-order valence-electron chi connectivity index (χ4n) is 1.33. The zero-order valence-corrected chi connectivity index (χ0v) is 8.33. The minimum Gasteiger partial charge on any atom is -0.481 e. The Balaban J connectivity index is 3.21. The second-order valence-corrected chi connectivity index (χ2v) is 3.76. The number of hydrogen-bond acceptors (Lipinski definition) is 2. The van der Waals surface area contributed by atoms with Crippen LogP contribution in [0.25, 0.3) is 0 Å². The first kappa shape index (κ1) is 9.77. The molecule has 0 radical (unpaired) electrons. The highest BCUT2D eigenvalue weighted by molar-refractivity contribution is 5.79. The van der Waals surface area contributed by atoms with Gasteiger partial charge in [-0.1, -0.05) is 0 Å². The predicted molar refractivity (Wildman–Crippen MR) is 48.6 cm³/mol. The van der Waals surface area contributed by atoms with Gasteiger partial charge in [0.15, 0.2) is 0 Å². The van der Waals surface area contributed by atoms with E-state index >= 15 is 0 Å². The molecule has 1 rings (SSSR count). The van der Waals surface area contributed by atoms with Crippen LogP contribution in [0, 0.1) is 6.92 Å². The highest BCUT2D eigenvalue weighted by Crippen LogP contribution is 2.24. The van der Waals surface area contributed by atoms with E-state index in [-0.39, 0.29) is 0 Å². The molecule has 0 unspecified atom stereocenters. The Kier molecular flexibility index (Phi) is 2.15. The molecule has 4 heteroatoms. The van der Waals surface area contributed by atoms with Crippen LogP contribution in [0.3, 0.4) is 0 Å². The Morgan fingerprint density at radius 2 is 2.15 bits per heavy atom. The standard InChI is InChI=1S/C9H14N2O2/c1-6-5-11(4)10-7(6)9(2,3)8(12)13/h5H,1-4H3,(H,12,13). The summed E-state index contributed by atoms with van der Waals surface area (Å²) in [6.45, 7) is 5.18. The predicted octanol–water partition coefficient (Wildman–Crippen LogP) is 1.09. The number of aliphatic carboxylic acids is 1. The average Bonchev–Trinajstić information content (AvgIpc) is 2.30. The quantitative estimate of drug-likeness (QED) is 0.744. The molecule has 0 aliphatic carbocycles. The van der Waals surface area contributed by atoms with E-state index < -0.39 is 11.4 Å². The SMILES string of the molecule is Cc1cn(C)nc1C(C)(C)C(=O)O. The van der Waals surface area contributed by atoms with Gasteiger partial charge in [-0.25, -0.2) is 0 Å². The molecular weight excluding hydrogens is 168 g/mol. The molecule has 0 aliphatic rings. The van der Waals surface area contributed by atoms with Crippen molar-refractivity contribution < 1.29 is 9.90 Å². The molecule has 0 fully saturated rings. The third kappa shape index (κ3) is 1.56. The van der Waals surface area contributed by atoms with Crippen LogP contribution in [-0.4, -0.2) is 20.9 Å². The van der Waals surface area contributed by atoms with E-state index in [1.165, 1.54) is 0 Å². The van der Waals surface area contributed by atoms with Gasteiger partial charge in [0.05, 0.1) is 5.69 Å². The maximum atomic E-state index is 10.9. The first-order valence-corrected chi connectivity index (χ1v) is 4.10. The Bertz CT molecular complexity index is 339. The Hall–Kier alpha value is -1.32. The number of nitrogens with zero attached hydrogens (tertiary/aromatic N) is 2. The van der Waals surface area contributed by atoms with Gasteiger partial charge >= 0.3 is 5.97 Å². The molecule has 1 aromatic heterocycles. The van der Waals surface area contributed by atoms with Gasteiger partial charge in [-0.2, -0.15) is 5.10 Å². The van der Waals surface area contributed by atoms with Gasteiger partial charge in [0.1, 0.15) is 5.41 Å². The summed E-state index contributed by atoms with van der Waals surface area (Å²) >= 11 is 0. The normalized spacial score (nSPS) is 11.7. The lowest BCUT2D eigenvalue weighted by molar-refractivity contribution is -0.142. The Morgan fingerprint density at radius 1 is 1.62 bits per heavy atom. The maximum Gasteiger partial charge on any atom is 0.315 e. The van der Waals surface area contributed by atoms with Gasteiger partial charge in [-0.15, -0.1) is 0 Å². The van der Waals surface area contributed by atoms with Crippen LogP contribution in [0.15, 0.2) is 6.20 Å². The molecule has 0 bridgehead atoms. The van der Waals surface area contributed by atoms with Crippen molar-refractivity contribution in [2.24, 2.45) is 7.05 Å². The van der Waals surface area contributed by atoms with Gasteiger partial charge in [0.2, 0.25) is 0 Å². The molecule has 0 amide bonds. The summed E-state index contributed by atoms with van der Waals surface area (Å²) in [4.78, 5) is 10.9. The van der Waals surface area contributed by atoms with Crippen molar-refractivity contribution in [3.05, 3.63) is 17.5 Å². The topological polar surface area (TPSA) is 55.1 Å². The number of rotatable bonds is 2. The number of carbonyl (C=O) groups is 1. The van der Waals surface area contributed by atoms with Gasteiger partial charge in [0.25, 0.3) is 0 Å². The number of hydrogen-bond donors (Lipinski definition) is 1. The molecular formula is C9H14N2O2. The van der Waals surface area contributed by atoms with Crippen LogP contribution in [-0.2, 0) is 17.3 Å². The van der Waals surface area contributed by atoms with Crippen molar-refractivity contribution in [1.29, 1.82) is 0 Å². The van der Waals surface area contributed by atoms with E-state index in [1.807, 2.05) is 13.1 Å². The fraction of sp³-hybridized carbons (Fsp3) is 0.556. The molecule has 13 heavy (non-hydrogen) atoms. The first-order valence-electron chi connectivity index (χ1n) is 4.10. The van der Waals surface area contributed by atoms with Gasteiger partial charge in [-0.05, 0) is 26.3 Å². The molecule has 1 heterocycles. The third-order valence-electron chi connectivity index (χ3n) is 2.14. The number of aryl methyl sites for hydroxylation is 2. The minimum atomic E-state index is -0.911. The molecule has 0 aromatic carbocycles. The largest absolute Gasteiger partial charge is 0.481 e. The Labute approximate surface area is 77.2 Å². The smallest absolute Gasteiger partial charge is 0.315 e. The van der Waals surface area contributed by atoms with Crippen LogP contribution >= 0.6 is 0 Å². The summed E-state index contributed by atoms with van der Waals surface area (Å²) in [6.07, 6.45) is 1.82. The van der Waals surface area contributed by atoms with Crippen molar-refractivity contribution in [2.75, 3.05) is 0 Å². The highest BCUT2D eigenvalue weighted by Gasteiger charge is 2.33. The lowest BCUT2D eigenvalue weighted by atomic mass is 9.88. The van der Waals surface area contributed by atoms with Crippen molar-refractivity contribution in [2.45, 2.75) is 26.2 Å². The van der Waals surface area contributed by atoms with Crippen LogP contribution in [0.5, 0.6) is 0 Å². The molecule has 0 saturated heterocycles. The number of carboxylic acids is 1. The molecule has 72 valence electrons. The fourth-order valence-corrected chi connectivity index (χ4v) is 1.33. The third-order valence-corrected chi connectivity index (χ3v) is 2.14. The van der Waals surface area contributed by atoms with Crippen LogP contribution in [0.4, 0.5) is 0 Å². The Morgan fingerprint density at radius 3 is 2.46 bits per heavy atom. The zero-order chi connectivity index (χ0) is 10.2. The molecule has 1 N–H and O–H groups in total. The van der Waals surface area contributed by atoms with Crippen LogP contribution < -0.4 is 0 Å². The number of aromatic nitrogens is 2. The molecule has 0 atom stereocenters. The summed E-state index contributed by atoms with van der Waals surface area (Å²) in [5, 5.41) is 13.1. The van der Waals surface area contributed by atoms with Crippen molar-refractivity contribution in [3.63, 3.8) is 0 Å². The van der Waals surface area contributed by atoms with Gasteiger partial charge in [0, 0.05) is 13.2 Å². The molecule has 0 saturated carbocycles. The lowest BCUT2D eigenvalue weighted by Gasteiger charge is -2.16. The van der Waals surface area contributed by atoms with Crippen molar-refractivity contribution >= 4 is 5.97 Å². The van der Waals surface area contributed by atoms with E-state index in [4.69, 9.17) is 5.11 Å². The molecule has 4 nitrogen and oxygen atoms in total. The highest BCUT2D eigenvalue weighted by atomic mass is 16.4. The molecule has 0 spiro atoms. The van der Waals surface area contributed by atoms with Gasteiger partial charge in [-0.3, -0.25) is 9.48 Å². The summed E-state index contributed by atoms with van der Waals surface area (Å²) in [6, 6.07) is 0. The second kappa shape index (κ2) is 2.87. The summed E-state index contributed by atoms with van der Waals surface area (Å²) in [7, 11) is 1.79. The zero-order valence-electron chi connectivity index (χ0n) is 8.33. The average molecular weight is 182 g/mol. The minimum absolute atomic E-state index is 0.627. The van der Waals surface area contributed by atoms with Crippen molar-refractivity contribution in [3.8, 4) is 0 Å². The number of carboxylic acid groups (broad SMARTS) is 1.